The zero-order valence-electron chi connectivity index (χ0n) is 13.0. The van der Waals surface area contributed by atoms with Crippen LogP contribution in [0.3, 0.4) is 0 Å². The number of aliphatic hydroxyl groups is 1. The molecule has 2 amide bonds. The first-order valence-electron chi connectivity index (χ1n) is 7.07. The number of hydrogen-bond acceptors (Lipinski definition) is 3. The van der Waals surface area contributed by atoms with Gasteiger partial charge in [-0.1, -0.05) is 27.7 Å². The van der Waals surface area contributed by atoms with Crippen molar-refractivity contribution in [2.24, 2.45) is 11.3 Å². The average molecular weight is 288 g/mol. The van der Waals surface area contributed by atoms with Crippen molar-refractivity contribution in [1.82, 2.24) is 10.2 Å². The number of aliphatic hydroxyl groups excluding tert-OH is 1. The Labute approximate surface area is 121 Å². The van der Waals surface area contributed by atoms with Crippen molar-refractivity contribution in [3.8, 4) is 0 Å². The molecule has 0 aliphatic heterocycles. The van der Waals surface area contributed by atoms with Crippen LogP contribution in [0.25, 0.3) is 0 Å². The normalized spacial score (nSPS) is 12.8. The van der Waals surface area contributed by atoms with Crippen LogP contribution in [0.5, 0.6) is 0 Å². The molecule has 0 rings (SSSR count). The lowest BCUT2D eigenvalue weighted by Gasteiger charge is -2.26. The molecule has 0 aromatic rings. The second kappa shape index (κ2) is 8.79. The van der Waals surface area contributed by atoms with Gasteiger partial charge in [-0.3, -0.25) is 4.79 Å². The Bertz CT molecular complexity index is 307. The monoisotopic (exact) mass is 288 g/mol. The fourth-order valence-corrected chi connectivity index (χ4v) is 2.01. The summed E-state index contributed by atoms with van der Waals surface area (Å²) >= 11 is 0. The van der Waals surface area contributed by atoms with Crippen LogP contribution in [0.4, 0.5) is 4.79 Å². The molecule has 0 heterocycles. The van der Waals surface area contributed by atoms with Crippen molar-refractivity contribution >= 4 is 12.0 Å². The number of nitrogens with one attached hydrogen (secondary N) is 1. The molecule has 6 nitrogen and oxygen atoms in total. The quantitative estimate of drug-likeness (QED) is 0.632. The van der Waals surface area contributed by atoms with Crippen LogP contribution >= 0.6 is 0 Å². The van der Waals surface area contributed by atoms with E-state index in [1.165, 1.54) is 4.90 Å². The fourth-order valence-electron chi connectivity index (χ4n) is 2.01. The summed E-state index contributed by atoms with van der Waals surface area (Å²) in [5.74, 6) is -1.50. The predicted octanol–water partition coefficient (Wildman–Crippen LogP) is 1.54. The minimum Gasteiger partial charge on any atom is -0.481 e. The number of carbonyl (C=O) groups is 2. The molecule has 3 N–H and O–H groups in total. The Balaban J connectivity index is 4.45. The minimum absolute atomic E-state index is 0.0994. The van der Waals surface area contributed by atoms with Crippen molar-refractivity contribution in [3.63, 3.8) is 0 Å². The standard InChI is InChI=1S/C14H28N2O4/c1-5-6-16(7-8-17)13(20)15-10-11(12(18)19)9-14(2,3)4/h11,17H,5-10H2,1-4H3,(H,15,20)(H,18,19). The van der Waals surface area contributed by atoms with Gasteiger partial charge >= 0.3 is 12.0 Å². The van der Waals surface area contributed by atoms with E-state index in [-0.39, 0.29) is 31.1 Å². The summed E-state index contributed by atoms with van der Waals surface area (Å²) in [4.78, 5) is 24.6. The fraction of sp³-hybridized carbons (Fsp3) is 0.857. The molecule has 0 aliphatic rings. The van der Waals surface area contributed by atoms with E-state index in [1.54, 1.807) is 0 Å². The van der Waals surface area contributed by atoms with Gasteiger partial charge in [0.1, 0.15) is 0 Å². The van der Waals surface area contributed by atoms with Crippen LogP contribution in [0.2, 0.25) is 0 Å². The van der Waals surface area contributed by atoms with Crippen LogP contribution in [-0.4, -0.2) is 53.4 Å². The molecule has 0 aliphatic carbocycles. The summed E-state index contributed by atoms with van der Waals surface area (Å²) in [6.07, 6.45) is 1.29. The van der Waals surface area contributed by atoms with E-state index < -0.39 is 11.9 Å². The highest BCUT2D eigenvalue weighted by Gasteiger charge is 2.25. The molecule has 0 saturated heterocycles. The zero-order chi connectivity index (χ0) is 15.8. The molecule has 0 radical (unpaired) electrons. The van der Waals surface area contributed by atoms with Crippen molar-refractivity contribution in [2.75, 3.05) is 26.2 Å². The van der Waals surface area contributed by atoms with E-state index in [2.05, 4.69) is 5.32 Å². The number of carboxylic acids is 1. The lowest BCUT2D eigenvalue weighted by molar-refractivity contribution is -0.142. The number of urea groups is 1. The first-order chi connectivity index (χ1) is 9.21. The van der Waals surface area contributed by atoms with Crippen molar-refractivity contribution in [3.05, 3.63) is 0 Å². The predicted molar refractivity (Wildman–Crippen MR) is 77.5 cm³/mol. The van der Waals surface area contributed by atoms with E-state index in [0.717, 1.165) is 6.42 Å². The smallest absolute Gasteiger partial charge is 0.317 e. The van der Waals surface area contributed by atoms with Gasteiger partial charge in [-0.2, -0.15) is 0 Å². The second-order valence-electron chi connectivity index (χ2n) is 6.20. The molecule has 118 valence electrons. The molecular weight excluding hydrogens is 260 g/mol. The largest absolute Gasteiger partial charge is 0.481 e. The van der Waals surface area contributed by atoms with Crippen molar-refractivity contribution in [1.29, 1.82) is 0 Å². The van der Waals surface area contributed by atoms with Gasteiger partial charge in [0.05, 0.1) is 12.5 Å². The van der Waals surface area contributed by atoms with Gasteiger partial charge in [-0.25, -0.2) is 4.79 Å². The van der Waals surface area contributed by atoms with Gasteiger partial charge in [-0.15, -0.1) is 0 Å². The number of aliphatic carboxylic acids is 1. The van der Waals surface area contributed by atoms with Crippen molar-refractivity contribution in [2.45, 2.75) is 40.5 Å². The summed E-state index contributed by atoms with van der Waals surface area (Å²) < 4.78 is 0. The topological polar surface area (TPSA) is 89.9 Å². The second-order valence-corrected chi connectivity index (χ2v) is 6.20. The average Bonchev–Trinajstić information content (AvgIpc) is 2.32. The van der Waals surface area contributed by atoms with E-state index in [9.17, 15) is 14.7 Å². The molecule has 0 aromatic carbocycles. The number of nitrogens with zero attached hydrogens (tertiary/aromatic N) is 1. The third-order valence-electron chi connectivity index (χ3n) is 2.86. The minimum atomic E-state index is -0.899. The molecule has 6 heteroatoms. The van der Waals surface area contributed by atoms with E-state index in [0.29, 0.717) is 13.0 Å². The SMILES string of the molecule is CCCN(CCO)C(=O)NCC(CC(C)(C)C)C(=O)O. The summed E-state index contributed by atoms with van der Waals surface area (Å²) in [5.41, 5.74) is -0.109. The maximum atomic E-state index is 11.9. The van der Waals surface area contributed by atoms with Gasteiger partial charge in [0.15, 0.2) is 0 Å². The van der Waals surface area contributed by atoms with E-state index in [4.69, 9.17) is 5.11 Å². The molecule has 20 heavy (non-hydrogen) atoms. The third kappa shape index (κ3) is 7.99. The summed E-state index contributed by atoms with van der Waals surface area (Å²) in [5, 5.41) is 20.8. The van der Waals surface area contributed by atoms with Crippen LogP contribution in [0, 0.1) is 11.3 Å². The molecule has 0 bridgehead atoms. The highest BCUT2D eigenvalue weighted by Crippen LogP contribution is 2.24. The Hall–Kier alpha value is -1.30. The maximum absolute atomic E-state index is 11.9. The molecule has 0 spiro atoms. The van der Waals surface area contributed by atoms with Crippen LogP contribution in [0.1, 0.15) is 40.5 Å². The Kier molecular flexibility index (Phi) is 8.22. The molecule has 0 aromatic heterocycles. The molecule has 0 saturated carbocycles. The first-order valence-corrected chi connectivity index (χ1v) is 7.07. The Morgan fingerprint density at radius 3 is 2.25 bits per heavy atom. The lowest BCUT2D eigenvalue weighted by Crippen LogP contribution is -2.44. The van der Waals surface area contributed by atoms with Crippen molar-refractivity contribution < 1.29 is 19.8 Å². The number of hydrogen-bond donors (Lipinski definition) is 3. The Morgan fingerprint density at radius 2 is 1.85 bits per heavy atom. The lowest BCUT2D eigenvalue weighted by atomic mass is 9.84. The van der Waals surface area contributed by atoms with Crippen LogP contribution in [-0.2, 0) is 4.79 Å². The number of rotatable bonds is 8. The van der Waals surface area contributed by atoms with Gasteiger partial charge in [0.2, 0.25) is 0 Å². The van der Waals surface area contributed by atoms with E-state index >= 15 is 0 Å². The summed E-state index contributed by atoms with van der Waals surface area (Å²) in [6.45, 7) is 8.67. The zero-order valence-corrected chi connectivity index (χ0v) is 13.0. The summed E-state index contributed by atoms with van der Waals surface area (Å²) in [7, 11) is 0. The molecule has 1 atom stereocenters. The molecular formula is C14H28N2O4. The third-order valence-corrected chi connectivity index (χ3v) is 2.86. The molecule has 0 fully saturated rings. The molecule has 1 unspecified atom stereocenters. The highest BCUT2D eigenvalue weighted by molar-refractivity contribution is 5.76. The van der Waals surface area contributed by atoms with Gasteiger partial charge in [0, 0.05) is 19.6 Å². The van der Waals surface area contributed by atoms with Gasteiger partial charge < -0.3 is 20.4 Å². The Morgan fingerprint density at radius 1 is 1.25 bits per heavy atom. The highest BCUT2D eigenvalue weighted by atomic mass is 16.4. The number of carboxylic acid groups (broad SMARTS) is 1. The van der Waals surface area contributed by atoms with Gasteiger partial charge in [0.25, 0.3) is 0 Å². The maximum Gasteiger partial charge on any atom is 0.317 e. The number of carbonyl (C=O) groups excluding carboxylic acids is 1. The van der Waals surface area contributed by atoms with Crippen LogP contribution in [0.15, 0.2) is 0 Å². The van der Waals surface area contributed by atoms with Crippen LogP contribution < -0.4 is 5.32 Å². The van der Waals surface area contributed by atoms with E-state index in [1.807, 2.05) is 27.7 Å². The number of amides is 2. The van der Waals surface area contributed by atoms with Gasteiger partial charge in [-0.05, 0) is 18.3 Å². The first kappa shape index (κ1) is 18.7. The summed E-state index contributed by atoms with van der Waals surface area (Å²) in [6, 6.07) is -0.318.